The van der Waals surface area contributed by atoms with Crippen LogP contribution in [0.1, 0.15) is 41.6 Å². The van der Waals surface area contributed by atoms with E-state index in [1.807, 2.05) is 6.92 Å². The summed E-state index contributed by atoms with van der Waals surface area (Å²) in [5.41, 5.74) is 10.0. The fourth-order valence-electron chi connectivity index (χ4n) is 2.30. The van der Waals surface area contributed by atoms with E-state index in [1.54, 1.807) is 18.2 Å². The highest BCUT2D eigenvalue weighted by Crippen LogP contribution is 2.24. The van der Waals surface area contributed by atoms with Gasteiger partial charge in [0.15, 0.2) is 0 Å². The summed E-state index contributed by atoms with van der Waals surface area (Å²) in [5, 5.41) is 3.55. The maximum absolute atomic E-state index is 12.5. The van der Waals surface area contributed by atoms with Crippen LogP contribution >= 0.6 is 0 Å². The zero-order valence-electron chi connectivity index (χ0n) is 11.4. The molecule has 1 fully saturated rings. The van der Waals surface area contributed by atoms with Gasteiger partial charge in [-0.25, -0.2) is 0 Å². The average molecular weight is 272 g/mol. The van der Waals surface area contributed by atoms with Crippen LogP contribution in [0.25, 0.3) is 10.4 Å². The molecule has 0 N–H and O–H groups in total. The number of likely N-dealkylation sites (tertiary alicyclic amines) is 1. The van der Waals surface area contributed by atoms with Crippen molar-refractivity contribution < 1.29 is 9.59 Å². The molecule has 104 valence electrons. The lowest BCUT2D eigenvalue weighted by Gasteiger charge is -2.19. The van der Waals surface area contributed by atoms with Crippen molar-refractivity contribution in [1.29, 1.82) is 0 Å². The van der Waals surface area contributed by atoms with Gasteiger partial charge in [0.25, 0.3) is 5.91 Å². The van der Waals surface area contributed by atoms with Gasteiger partial charge in [0.05, 0.1) is 5.69 Å². The molecule has 0 bridgehead atoms. The van der Waals surface area contributed by atoms with Crippen LogP contribution in [0.5, 0.6) is 0 Å². The Bertz CT molecular complexity index is 591. The van der Waals surface area contributed by atoms with Crippen molar-refractivity contribution in [2.24, 2.45) is 5.11 Å². The van der Waals surface area contributed by atoms with E-state index in [0.29, 0.717) is 13.0 Å². The predicted octanol–water partition coefficient (Wildman–Crippen LogP) is 3.48. The lowest BCUT2D eigenvalue weighted by Crippen LogP contribution is -2.36. The second-order valence-electron chi connectivity index (χ2n) is 4.87. The Kier molecular flexibility index (Phi) is 4.38. The number of benzene rings is 1. The number of imide groups is 1. The second-order valence-corrected chi connectivity index (χ2v) is 4.87. The standard InChI is InChI=1S/C14H16N4O2/c1-10-6-7-11(12(9-10)16-17-15)14(20)18-8-4-2-3-5-13(18)19/h6-7,9H,2-5,8H2,1H3. The van der Waals surface area contributed by atoms with E-state index in [4.69, 9.17) is 5.53 Å². The molecule has 0 saturated carbocycles. The van der Waals surface area contributed by atoms with Crippen molar-refractivity contribution in [3.8, 4) is 0 Å². The first-order valence-corrected chi connectivity index (χ1v) is 6.64. The molecular formula is C14H16N4O2. The van der Waals surface area contributed by atoms with Gasteiger partial charge >= 0.3 is 0 Å². The Labute approximate surface area is 117 Å². The molecule has 1 aromatic carbocycles. The Morgan fingerprint density at radius 3 is 2.90 bits per heavy atom. The topological polar surface area (TPSA) is 86.1 Å². The molecule has 1 heterocycles. The third-order valence-electron chi connectivity index (χ3n) is 3.35. The zero-order chi connectivity index (χ0) is 14.5. The number of hydrogen-bond donors (Lipinski definition) is 0. The number of nitrogens with zero attached hydrogens (tertiary/aromatic N) is 4. The number of aryl methyl sites for hydroxylation is 1. The van der Waals surface area contributed by atoms with Crippen LogP contribution in [0.3, 0.4) is 0 Å². The number of azide groups is 1. The summed E-state index contributed by atoms with van der Waals surface area (Å²) in [4.78, 5) is 28.5. The summed E-state index contributed by atoms with van der Waals surface area (Å²) >= 11 is 0. The molecule has 2 amide bonds. The van der Waals surface area contributed by atoms with E-state index >= 15 is 0 Å². The second kappa shape index (κ2) is 6.21. The van der Waals surface area contributed by atoms with Crippen LogP contribution in [-0.2, 0) is 4.79 Å². The number of hydrogen-bond acceptors (Lipinski definition) is 3. The highest BCUT2D eigenvalue weighted by atomic mass is 16.2. The quantitative estimate of drug-likeness (QED) is 0.357. The molecule has 0 unspecified atom stereocenters. The molecule has 0 radical (unpaired) electrons. The molecule has 0 atom stereocenters. The van der Waals surface area contributed by atoms with E-state index in [1.165, 1.54) is 4.90 Å². The molecular weight excluding hydrogens is 256 g/mol. The van der Waals surface area contributed by atoms with E-state index < -0.39 is 0 Å². The van der Waals surface area contributed by atoms with Crippen LogP contribution in [0.2, 0.25) is 0 Å². The lowest BCUT2D eigenvalue weighted by atomic mass is 10.1. The number of carbonyl (C=O) groups is 2. The van der Waals surface area contributed by atoms with Crippen molar-refractivity contribution in [3.05, 3.63) is 39.8 Å². The van der Waals surface area contributed by atoms with Crippen molar-refractivity contribution in [2.45, 2.75) is 32.6 Å². The van der Waals surface area contributed by atoms with Gasteiger partial charge in [-0.1, -0.05) is 23.2 Å². The fourth-order valence-corrected chi connectivity index (χ4v) is 2.30. The van der Waals surface area contributed by atoms with E-state index in [-0.39, 0.29) is 23.1 Å². The first-order valence-electron chi connectivity index (χ1n) is 6.64. The molecule has 1 aliphatic rings. The molecule has 20 heavy (non-hydrogen) atoms. The van der Waals surface area contributed by atoms with E-state index in [2.05, 4.69) is 10.0 Å². The summed E-state index contributed by atoms with van der Waals surface area (Å²) in [7, 11) is 0. The third-order valence-corrected chi connectivity index (χ3v) is 3.35. The van der Waals surface area contributed by atoms with Gasteiger partial charge < -0.3 is 0 Å². The maximum Gasteiger partial charge on any atom is 0.260 e. The Hall–Kier alpha value is -2.33. The highest BCUT2D eigenvalue weighted by molar-refractivity contribution is 6.07. The summed E-state index contributed by atoms with van der Waals surface area (Å²) < 4.78 is 0. The molecule has 0 aliphatic carbocycles. The van der Waals surface area contributed by atoms with E-state index in [0.717, 1.165) is 24.8 Å². The first kappa shape index (κ1) is 14.1. The molecule has 1 aliphatic heterocycles. The fraction of sp³-hybridized carbons (Fsp3) is 0.429. The molecule has 6 heteroatoms. The summed E-state index contributed by atoms with van der Waals surface area (Å²) in [6.45, 7) is 2.28. The first-order chi connectivity index (χ1) is 9.63. The Morgan fingerprint density at radius 1 is 1.35 bits per heavy atom. The molecule has 1 saturated heterocycles. The van der Waals surface area contributed by atoms with Gasteiger partial charge in [-0.05, 0) is 37.4 Å². The molecule has 1 aromatic rings. The Balaban J connectivity index is 2.37. The molecule has 6 nitrogen and oxygen atoms in total. The predicted molar refractivity (Wildman–Crippen MR) is 74.5 cm³/mol. The van der Waals surface area contributed by atoms with Gasteiger partial charge in [-0.15, -0.1) is 0 Å². The third kappa shape index (κ3) is 2.97. The summed E-state index contributed by atoms with van der Waals surface area (Å²) in [6, 6.07) is 5.03. The van der Waals surface area contributed by atoms with Gasteiger partial charge in [0, 0.05) is 23.4 Å². The van der Waals surface area contributed by atoms with Crippen LogP contribution in [0, 0.1) is 6.92 Å². The SMILES string of the molecule is Cc1ccc(C(=O)N2CCCCCC2=O)c(N=[N+]=[N-])c1. The minimum absolute atomic E-state index is 0.153. The maximum atomic E-state index is 12.5. The molecule has 0 spiro atoms. The van der Waals surface area contributed by atoms with Crippen LogP contribution < -0.4 is 0 Å². The van der Waals surface area contributed by atoms with Crippen LogP contribution in [-0.4, -0.2) is 23.3 Å². The summed E-state index contributed by atoms with van der Waals surface area (Å²) in [5.74, 6) is -0.528. The van der Waals surface area contributed by atoms with Crippen molar-refractivity contribution >= 4 is 17.5 Å². The highest BCUT2D eigenvalue weighted by Gasteiger charge is 2.25. The number of carbonyl (C=O) groups excluding carboxylic acids is 2. The monoisotopic (exact) mass is 272 g/mol. The van der Waals surface area contributed by atoms with Crippen molar-refractivity contribution in [2.75, 3.05) is 6.54 Å². The van der Waals surface area contributed by atoms with Gasteiger partial charge in [0.1, 0.15) is 0 Å². The summed E-state index contributed by atoms with van der Waals surface area (Å²) in [6.07, 6.45) is 2.99. The van der Waals surface area contributed by atoms with Gasteiger partial charge in [-0.3, -0.25) is 14.5 Å². The minimum Gasteiger partial charge on any atom is -0.279 e. The van der Waals surface area contributed by atoms with E-state index in [9.17, 15) is 9.59 Å². The molecule has 2 rings (SSSR count). The number of rotatable bonds is 2. The largest absolute Gasteiger partial charge is 0.279 e. The molecule has 0 aromatic heterocycles. The average Bonchev–Trinajstić information content (AvgIpc) is 2.63. The Morgan fingerprint density at radius 2 is 2.15 bits per heavy atom. The zero-order valence-corrected chi connectivity index (χ0v) is 11.4. The number of amides is 2. The van der Waals surface area contributed by atoms with Crippen molar-refractivity contribution in [1.82, 2.24) is 4.90 Å². The smallest absolute Gasteiger partial charge is 0.260 e. The van der Waals surface area contributed by atoms with Gasteiger partial charge in [-0.2, -0.15) is 0 Å². The van der Waals surface area contributed by atoms with Crippen molar-refractivity contribution in [3.63, 3.8) is 0 Å². The normalized spacial score (nSPS) is 15.4. The van der Waals surface area contributed by atoms with Crippen LogP contribution in [0.15, 0.2) is 23.3 Å². The van der Waals surface area contributed by atoms with Crippen LogP contribution in [0.4, 0.5) is 5.69 Å². The minimum atomic E-state index is -0.376. The van der Waals surface area contributed by atoms with Gasteiger partial charge in [0.2, 0.25) is 5.91 Å². The lowest BCUT2D eigenvalue weighted by molar-refractivity contribution is -0.128.